The summed E-state index contributed by atoms with van der Waals surface area (Å²) in [7, 11) is 0. The van der Waals surface area contributed by atoms with Gasteiger partial charge in [0.2, 0.25) is 5.91 Å². The van der Waals surface area contributed by atoms with E-state index in [1.165, 1.54) is 18.3 Å². The molecule has 0 spiro atoms. The molecule has 0 bridgehead atoms. The van der Waals surface area contributed by atoms with Crippen molar-refractivity contribution in [2.45, 2.75) is 39.3 Å². The summed E-state index contributed by atoms with van der Waals surface area (Å²) in [5, 5.41) is 0. The van der Waals surface area contributed by atoms with E-state index in [1.807, 2.05) is 0 Å². The minimum absolute atomic E-state index is 0.179. The Morgan fingerprint density at radius 3 is 2.58 bits per heavy atom. The lowest BCUT2D eigenvalue weighted by Crippen LogP contribution is -2.38. The number of amides is 1. The number of hydrogen-bond donors (Lipinski definition) is 1. The van der Waals surface area contributed by atoms with Gasteiger partial charge in [0.05, 0.1) is 4.47 Å². The summed E-state index contributed by atoms with van der Waals surface area (Å²) in [6.45, 7) is 2.77. The highest BCUT2D eigenvalue weighted by Gasteiger charge is 2.16. The lowest BCUT2D eigenvalue weighted by molar-refractivity contribution is -0.132. The Morgan fingerprint density at radius 1 is 1.23 bits per heavy atom. The Bertz CT molecular complexity index is 861. The molecular formula is C18H21BrFN3O3. The van der Waals surface area contributed by atoms with Crippen LogP contribution in [0.2, 0.25) is 0 Å². The third kappa shape index (κ3) is 5.66. The molecule has 2 aromatic rings. The molecule has 0 aliphatic rings. The normalized spacial score (nSPS) is 10.7. The molecule has 2 rings (SSSR count). The Balaban J connectivity index is 2.16. The predicted octanol–water partition coefficient (Wildman–Crippen LogP) is 2.66. The van der Waals surface area contributed by atoms with E-state index in [4.69, 9.17) is 0 Å². The standard InChI is InChI=1S/C18H21BrFN3O3/c1-2-3-4-9-22(10-13-5-7-14(20)8-6-13)16(24)12-23-11-15(19)17(25)21-18(23)26/h5-8,11H,2-4,9-10,12H2,1H3,(H,21,25,26). The molecule has 0 aliphatic carbocycles. The maximum Gasteiger partial charge on any atom is 0.328 e. The summed E-state index contributed by atoms with van der Waals surface area (Å²) in [5.74, 6) is -0.575. The second kappa shape index (κ2) is 9.47. The number of H-pyrrole nitrogens is 1. The maximum atomic E-state index is 13.1. The highest BCUT2D eigenvalue weighted by molar-refractivity contribution is 9.10. The molecule has 140 valence electrons. The molecule has 1 aromatic carbocycles. The fourth-order valence-electron chi connectivity index (χ4n) is 2.50. The topological polar surface area (TPSA) is 75.2 Å². The number of halogens is 2. The highest BCUT2D eigenvalue weighted by atomic mass is 79.9. The molecule has 0 saturated carbocycles. The molecule has 0 fully saturated rings. The number of carbonyl (C=O) groups excluding carboxylic acids is 1. The van der Waals surface area contributed by atoms with Gasteiger partial charge in [-0.2, -0.15) is 0 Å². The number of unbranched alkanes of at least 4 members (excludes halogenated alkanes) is 2. The van der Waals surface area contributed by atoms with Gasteiger partial charge < -0.3 is 4.90 Å². The quantitative estimate of drug-likeness (QED) is 0.660. The first-order valence-electron chi connectivity index (χ1n) is 8.42. The molecule has 1 N–H and O–H groups in total. The second-order valence-electron chi connectivity index (χ2n) is 6.01. The van der Waals surface area contributed by atoms with Crippen molar-refractivity contribution in [3.63, 3.8) is 0 Å². The van der Waals surface area contributed by atoms with E-state index in [1.54, 1.807) is 17.0 Å². The average Bonchev–Trinajstić information content (AvgIpc) is 2.60. The molecule has 1 aromatic heterocycles. The molecule has 0 aliphatic heterocycles. The van der Waals surface area contributed by atoms with E-state index in [2.05, 4.69) is 27.8 Å². The minimum atomic E-state index is -0.637. The van der Waals surface area contributed by atoms with Crippen molar-refractivity contribution in [1.29, 1.82) is 0 Å². The minimum Gasteiger partial charge on any atom is -0.337 e. The lowest BCUT2D eigenvalue weighted by Gasteiger charge is -2.23. The summed E-state index contributed by atoms with van der Waals surface area (Å²) < 4.78 is 14.4. The van der Waals surface area contributed by atoms with Gasteiger partial charge in [-0.25, -0.2) is 9.18 Å². The predicted molar refractivity (Wildman–Crippen MR) is 100 cm³/mol. The van der Waals surface area contributed by atoms with E-state index < -0.39 is 11.2 Å². The summed E-state index contributed by atoms with van der Waals surface area (Å²) in [6, 6.07) is 5.98. The zero-order valence-electron chi connectivity index (χ0n) is 14.5. The summed E-state index contributed by atoms with van der Waals surface area (Å²) in [6.07, 6.45) is 4.15. The molecule has 1 heterocycles. The molecule has 0 saturated heterocycles. The molecule has 1 amide bonds. The zero-order chi connectivity index (χ0) is 19.1. The molecule has 26 heavy (non-hydrogen) atoms. The van der Waals surface area contributed by atoms with Crippen molar-refractivity contribution < 1.29 is 9.18 Å². The van der Waals surface area contributed by atoms with Crippen molar-refractivity contribution in [1.82, 2.24) is 14.5 Å². The van der Waals surface area contributed by atoms with Crippen molar-refractivity contribution >= 4 is 21.8 Å². The number of nitrogens with one attached hydrogen (secondary N) is 1. The van der Waals surface area contributed by atoms with Crippen molar-refractivity contribution in [2.75, 3.05) is 6.54 Å². The fourth-order valence-corrected chi connectivity index (χ4v) is 2.85. The highest BCUT2D eigenvalue weighted by Crippen LogP contribution is 2.10. The van der Waals surface area contributed by atoms with E-state index >= 15 is 0 Å². The maximum absolute atomic E-state index is 13.1. The van der Waals surface area contributed by atoms with Crippen LogP contribution in [0.15, 0.2) is 44.5 Å². The molecule has 6 nitrogen and oxygen atoms in total. The SMILES string of the molecule is CCCCCN(Cc1ccc(F)cc1)C(=O)Cn1cc(Br)c(=O)[nH]c1=O. The zero-order valence-corrected chi connectivity index (χ0v) is 16.1. The number of carbonyl (C=O) groups is 1. The van der Waals surface area contributed by atoms with Crippen molar-refractivity contribution in [3.05, 3.63) is 67.2 Å². The second-order valence-corrected chi connectivity index (χ2v) is 6.87. The summed E-state index contributed by atoms with van der Waals surface area (Å²) in [4.78, 5) is 39.8. The number of nitrogens with zero attached hydrogens (tertiary/aromatic N) is 2. The molecule has 0 radical (unpaired) electrons. The Labute approximate surface area is 158 Å². The smallest absolute Gasteiger partial charge is 0.328 e. The van der Waals surface area contributed by atoms with Crippen LogP contribution >= 0.6 is 15.9 Å². The van der Waals surface area contributed by atoms with Crippen LogP contribution in [-0.4, -0.2) is 26.9 Å². The summed E-state index contributed by atoms with van der Waals surface area (Å²) in [5.41, 5.74) is -0.363. The van der Waals surface area contributed by atoms with Crippen LogP contribution in [0.1, 0.15) is 31.7 Å². The number of hydrogen-bond acceptors (Lipinski definition) is 3. The third-order valence-electron chi connectivity index (χ3n) is 3.94. The average molecular weight is 426 g/mol. The van der Waals surface area contributed by atoms with Gasteiger partial charge >= 0.3 is 5.69 Å². The fraction of sp³-hybridized carbons (Fsp3) is 0.389. The van der Waals surface area contributed by atoms with Crippen LogP contribution in [0, 0.1) is 5.82 Å². The van der Waals surface area contributed by atoms with Crippen molar-refractivity contribution in [3.8, 4) is 0 Å². The Hall–Kier alpha value is -2.22. The number of benzene rings is 1. The number of rotatable bonds is 8. The molecule has 0 unspecified atom stereocenters. The number of aromatic nitrogens is 2. The lowest BCUT2D eigenvalue weighted by atomic mass is 10.2. The van der Waals surface area contributed by atoms with Crippen LogP contribution in [0.3, 0.4) is 0 Å². The van der Waals surface area contributed by atoms with Crippen molar-refractivity contribution in [2.24, 2.45) is 0 Å². The van der Waals surface area contributed by atoms with Gasteiger partial charge in [-0.05, 0) is 40.0 Å². The van der Waals surface area contributed by atoms with E-state index in [-0.39, 0.29) is 22.7 Å². The van der Waals surface area contributed by atoms with Gasteiger partial charge in [-0.3, -0.25) is 19.1 Å². The van der Waals surface area contributed by atoms with Gasteiger partial charge in [-0.15, -0.1) is 0 Å². The molecule has 0 atom stereocenters. The Morgan fingerprint density at radius 2 is 1.92 bits per heavy atom. The van der Waals surface area contributed by atoms with E-state index in [0.29, 0.717) is 13.1 Å². The Kier molecular flexibility index (Phi) is 7.32. The van der Waals surface area contributed by atoms with Gasteiger partial charge in [0.15, 0.2) is 0 Å². The van der Waals surface area contributed by atoms with Crippen LogP contribution in [0.4, 0.5) is 4.39 Å². The summed E-state index contributed by atoms with van der Waals surface area (Å²) >= 11 is 3.06. The molecule has 8 heteroatoms. The first-order valence-corrected chi connectivity index (χ1v) is 9.21. The largest absolute Gasteiger partial charge is 0.337 e. The van der Waals surface area contributed by atoms with E-state index in [0.717, 1.165) is 29.4 Å². The van der Waals surface area contributed by atoms with Crippen LogP contribution in [0.5, 0.6) is 0 Å². The van der Waals surface area contributed by atoms with Gasteiger partial charge in [0, 0.05) is 19.3 Å². The van der Waals surface area contributed by atoms with Crippen LogP contribution in [-0.2, 0) is 17.9 Å². The van der Waals surface area contributed by atoms with Gasteiger partial charge in [0.1, 0.15) is 12.4 Å². The third-order valence-corrected chi connectivity index (χ3v) is 4.51. The van der Waals surface area contributed by atoms with Crippen LogP contribution < -0.4 is 11.2 Å². The first kappa shape index (κ1) is 20.1. The van der Waals surface area contributed by atoms with Gasteiger partial charge in [-0.1, -0.05) is 31.9 Å². The first-order chi connectivity index (χ1) is 12.4. The van der Waals surface area contributed by atoms with Gasteiger partial charge in [0.25, 0.3) is 5.56 Å². The van der Waals surface area contributed by atoms with E-state index in [9.17, 15) is 18.8 Å². The molecular weight excluding hydrogens is 405 g/mol. The number of aromatic amines is 1. The monoisotopic (exact) mass is 425 g/mol. The van der Waals surface area contributed by atoms with Crippen LogP contribution in [0.25, 0.3) is 0 Å².